The minimum absolute atomic E-state index is 0.0208. The predicted molar refractivity (Wildman–Crippen MR) is 72.6 cm³/mol. The molecule has 8 heteroatoms. The summed E-state index contributed by atoms with van der Waals surface area (Å²) < 4.78 is 18.3. The maximum Gasteiger partial charge on any atom is 0.311 e. The maximum absolute atomic E-state index is 13.1. The number of hydrogen-bond acceptors (Lipinski definition) is 5. The SMILES string of the molecule is O=C(CCOc1cc(F)ccc1[N+](=O)[O-])N1CCNCC1. The summed E-state index contributed by atoms with van der Waals surface area (Å²) in [4.78, 5) is 23.7. The quantitative estimate of drug-likeness (QED) is 0.645. The Labute approximate surface area is 120 Å². The monoisotopic (exact) mass is 297 g/mol. The summed E-state index contributed by atoms with van der Waals surface area (Å²) in [5, 5.41) is 13.9. The van der Waals surface area contributed by atoms with Gasteiger partial charge in [0.25, 0.3) is 0 Å². The van der Waals surface area contributed by atoms with E-state index in [9.17, 15) is 19.3 Å². The summed E-state index contributed by atoms with van der Waals surface area (Å²) >= 11 is 0. The van der Waals surface area contributed by atoms with Crippen LogP contribution in [0.15, 0.2) is 18.2 Å². The second-order valence-electron chi connectivity index (χ2n) is 4.60. The van der Waals surface area contributed by atoms with Crippen molar-refractivity contribution in [1.82, 2.24) is 10.2 Å². The first kappa shape index (κ1) is 15.2. The number of carbonyl (C=O) groups is 1. The zero-order valence-corrected chi connectivity index (χ0v) is 11.4. The van der Waals surface area contributed by atoms with E-state index in [1.54, 1.807) is 4.90 Å². The van der Waals surface area contributed by atoms with Gasteiger partial charge in [-0.25, -0.2) is 4.39 Å². The van der Waals surface area contributed by atoms with Crippen LogP contribution < -0.4 is 10.1 Å². The lowest BCUT2D eigenvalue weighted by Crippen LogP contribution is -2.46. The van der Waals surface area contributed by atoms with Gasteiger partial charge >= 0.3 is 5.69 Å². The van der Waals surface area contributed by atoms with E-state index in [4.69, 9.17) is 4.74 Å². The molecule has 1 aliphatic rings. The molecule has 0 spiro atoms. The Morgan fingerprint density at radius 1 is 1.43 bits per heavy atom. The van der Waals surface area contributed by atoms with E-state index in [0.717, 1.165) is 31.3 Å². The molecule has 2 rings (SSSR count). The Hall–Kier alpha value is -2.22. The molecule has 1 aliphatic heterocycles. The van der Waals surface area contributed by atoms with Gasteiger partial charge in [0.1, 0.15) is 5.82 Å². The number of amides is 1. The molecule has 1 fully saturated rings. The summed E-state index contributed by atoms with van der Waals surface area (Å²) in [6.07, 6.45) is 0.105. The lowest BCUT2D eigenvalue weighted by Gasteiger charge is -2.27. The van der Waals surface area contributed by atoms with E-state index < -0.39 is 10.7 Å². The fourth-order valence-electron chi connectivity index (χ4n) is 2.08. The van der Waals surface area contributed by atoms with Crippen LogP contribution in [-0.2, 0) is 4.79 Å². The number of halogens is 1. The number of carbonyl (C=O) groups excluding carboxylic acids is 1. The van der Waals surface area contributed by atoms with Gasteiger partial charge in [0.15, 0.2) is 5.75 Å². The van der Waals surface area contributed by atoms with E-state index >= 15 is 0 Å². The Kier molecular flexibility index (Phi) is 5.04. The van der Waals surface area contributed by atoms with Crippen LogP contribution in [0, 0.1) is 15.9 Å². The third-order valence-corrected chi connectivity index (χ3v) is 3.16. The third-order valence-electron chi connectivity index (χ3n) is 3.16. The number of rotatable bonds is 5. The highest BCUT2D eigenvalue weighted by atomic mass is 19.1. The topological polar surface area (TPSA) is 84.7 Å². The number of hydrogen-bond donors (Lipinski definition) is 1. The molecule has 21 heavy (non-hydrogen) atoms. The van der Waals surface area contributed by atoms with Crippen LogP contribution in [0.2, 0.25) is 0 Å². The molecule has 1 heterocycles. The Balaban J connectivity index is 1.89. The molecule has 114 valence electrons. The number of nitro groups is 1. The minimum Gasteiger partial charge on any atom is -0.486 e. The van der Waals surface area contributed by atoms with Crippen molar-refractivity contribution in [2.24, 2.45) is 0 Å². The molecule has 1 aromatic rings. The number of nitrogens with one attached hydrogen (secondary N) is 1. The molecule has 0 atom stereocenters. The zero-order chi connectivity index (χ0) is 15.2. The largest absolute Gasteiger partial charge is 0.486 e. The molecule has 0 unspecified atom stereocenters. The summed E-state index contributed by atoms with van der Waals surface area (Å²) in [5.74, 6) is -0.854. The molecule has 0 radical (unpaired) electrons. The van der Waals surface area contributed by atoms with Crippen molar-refractivity contribution in [2.75, 3.05) is 32.8 Å². The summed E-state index contributed by atoms with van der Waals surface area (Å²) in [5.41, 5.74) is -0.314. The Morgan fingerprint density at radius 2 is 2.14 bits per heavy atom. The molecule has 0 aliphatic carbocycles. The number of nitro benzene ring substituents is 1. The Morgan fingerprint density at radius 3 is 2.81 bits per heavy atom. The first-order valence-corrected chi connectivity index (χ1v) is 6.63. The van der Waals surface area contributed by atoms with Crippen molar-refractivity contribution in [3.63, 3.8) is 0 Å². The van der Waals surface area contributed by atoms with E-state index in [2.05, 4.69) is 5.32 Å². The van der Waals surface area contributed by atoms with Gasteiger partial charge in [-0.3, -0.25) is 14.9 Å². The van der Waals surface area contributed by atoms with Gasteiger partial charge in [-0.1, -0.05) is 0 Å². The highest BCUT2D eigenvalue weighted by Crippen LogP contribution is 2.27. The van der Waals surface area contributed by atoms with Crippen LogP contribution in [0.3, 0.4) is 0 Å². The molecule has 0 aromatic heterocycles. The van der Waals surface area contributed by atoms with Crippen LogP contribution >= 0.6 is 0 Å². The van der Waals surface area contributed by atoms with Gasteiger partial charge in [-0.2, -0.15) is 0 Å². The molecular weight excluding hydrogens is 281 g/mol. The van der Waals surface area contributed by atoms with E-state index in [-0.39, 0.29) is 30.4 Å². The lowest BCUT2D eigenvalue weighted by atomic mass is 10.3. The Bertz CT molecular complexity index is 532. The van der Waals surface area contributed by atoms with Crippen molar-refractivity contribution in [2.45, 2.75) is 6.42 Å². The molecule has 7 nitrogen and oxygen atoms in total. The second-order valence-corrected chi connectivity index (χ2v) is 4.60. The van der Waals surface area contributed by atoms with Crippen molar-refractivity contribution in [1.29, 1.82) is 0 Å². The average molecular weight is 297 g/mol. The fourth-order valence-corrected chi connectivity index (χ4v) is 2.08. The van der Waals surface area contributed by atoms with E-state index in [1.165, 1.54) is 0 Å². The number of nitrogens with zero attached hydrogens (tertiary/aromatic N) is 2. The van der Waals surface area contributed by atoms with Gasteiger partial charge in [-0.05, 0) is 6.07 Å². The van der Waals surface area contributed by atoms with Crippen molar-refractivity contribution < 1.29 is 18.8 Å². The number of piperazine rings is 1. The molecule has 0 saturated carbocycles. The van der Waals surface area contributed by atoms with Gasteiger partial charge in [0.05, 0.1) is 18.0 Å². The summed E-state index contributed by atoms with van der Waals surface area (Å²) in [6, 6.07) is 2.99. The van der Waals surface area contributed by atoms with Crippen molar-refractivity contribution in [3.8, 4) is 5.75 Å². The molecule has 1 amide bonds. The van der Waals surface area contributed by atoms with Gasteiger partial charge < -0.3 is 15.0 Å². The normalized spacial score (nSPS) is 14.8. The number of ether oxygens (including phenoxy) is 1. The van der Waals surface area contributed by atoms with E-state index in [0.29, 0.717) is 13.1 Å². The van der Waals surface area contributed by atoms with Crippen LogP contribution in [0.4, 0.5) is 10.1 Å². The first-order chi connectivity index (χ1) is 10.1. The van der Waals surface area contributed by atoms with Gasteiger partial charge in [0.2, 0.25) is 5.91 Å². The third kappa shape index (κ3) is 4.12. The van der Waals surface area contributed by atoms with E-state index in [1.807, 2.05) is 0 Å². The molecule has 0 bridgehead atoms. The summed E-state index contributed by atoms with van der Waals surface area (Å²) in [7, 11) is 0. The summed E-state index contributed by atoms with van der Waals surface area (Å²) in [6.45, 7) is 2.76. The second kappa shape index (κ2) is 6.98. The minimum atomic E-state index is -0.646. The average Bonchev–Trinajstić information content (AvgIpc) is 2.48. The zero-order valence-electron chi connectivity index (χ0n) is 11.4. The van der Waals surface area contributed by atoms with Crippen molar-refractivity contribution in [3.05, 3.63) is 34.1 Å². The van der Waals surface area contributed by atoms with Crippen LogP contribution in [0.1, 0.15) is 6.42 Å². The van der Waals surface area contributed by atoms with Crippen molar-refractivity contribution >= 4 is 11.6 Å². The first-order valence-electron chi connectivity index (χ1n) is 6.63. The smallest absolute Gasteiger partial charge is 0.311 e. The standard InChI is InChI=1S/C13H16FN3O4/c14-10-1-2-11(17(19)20)12(9-10)21-8-3-13(18)16-6-4-15-5-7-16/h1-2,9,15H,3-8H2. The number of benzene rings is 1. The van der Waals surface area contributed by atoms with Crippen LogP contribution in [0.5, 0.6) is 5.75 Å². The highest BCUT2D eigenvalue weighted by Gasteiger charge is 2.18. The highest BCUT2D eigenvalue weighted by molar-refractivity contribution is 5.76. The molecule has 1 saturated heterocycles. The van der Waals surface area contributed by atoms with Gasteiger partial charge in [-0.15, -0.1) is 0 Å². The maximum atomic E-state index is 13.1. The molecule has 1 N–H and O–H groups in total. The molecule has 1 aromatic carbocycles. The predicted octanol–water partition coefficient (Wildman–Crippen LogP) is 0.935. The van der Waals surface area contributed by atoms with Gasteiger partial charge in [0, 0.05) is 38.3 Å². The fraction of sp³-hybridized carbons (Fsp3) is 0.462. The molecular formula is C13H16FN3O4. The lowest BCUT2D eigenvalue weighted by molar-refractivity contribution is -0.385. The van der Waals surface area contributed by atoms with Crippen LogP contribution in [-0.4, -0.2) is 48.5 Å². The van der Waals surface area contributed by atoms with Crippen LogP contribution in [0.25, 0.3) is 0 Å².